The van der Waals surface area contributed by atoms with Crippen LogP contribution in [0.3, 0.4) is 0 Å². The van der Waals surface area contributed by atoms with Crippen LogP contribution in [0.25, 0.3) is 10.9 Å². The van der Waals surface area contributed by atoms with Gasteiger partial charge in [0.05, 0.1) is 16.2 Å². The van der Waals surface area contributed by atoms with E-state index in [4.69, 9.17) is 5.73 Å². The summed E-state index contributed by atoms with van der Waals surface area (Å²) < 4.78 is 25.6. The van der Waals surface area contributed by atoms with E-state index in [1.807, 2.05) is 42.6 Å². The first-order valence-corrected chi connectivity index (χ1v) is 13.9. The van der Waals surface area contributed by atoms with Gasteiger partial charge in [-0.15, -0.1) is 12.4 Å². The number of carbonyl (C=O) groups excluding carboxylic acids is 2. The number of fused-ring (bicyclic) bond motifs is 3. The number of rotatable bonds is 5. The third kappa shape index (κ3) is 5.00. The van der Waals surface area contributed by atoms with Crippen molar-refractivity contribution in [2.45, 2.75) is 55.0 Å². The maximum absolute atomic E-state index is 13.7. The number of aromatic amines is 1. The highest BCUT2D eigenvalue weighted by Gasteiger charge is 2.49. The normalized spacial score (nSPS) is 18.7. The van der Waals surface area contributed by atoms with Crippen LogP contribution in [-0.4, -0.2) is 60.5 Å². The molecule has 10 heteroatoms. The Kier molecular flexibility index (Phi) is 7.18. The summed E-state index contributed by atoms with van der Waals surface area (Å²) in [5.41, 5.74) is 7.18. The molecular weight excluding hydrogens is 512 g/mol. The van der Waals surface area contributed by atoms with E-state index in [-0.39, 0.29) is 24.1 Å². The molecule has 0 unspecified atom stereocenters. The van der Waals surface area contributed by atoms with Crippen LogP contribution in [0.2, 0.25) is 0 Å². The fourth-order valence-corrected chi connectivity index (χ4v) is 7.78. The third-order valence-electron chi connectivity index (χ3n) is 7.58. The molecule has 3 heterocycles. The minimum absolute atomic E-state index is 0. The molecule has 2 aliphatic rings. The molecule has 2 aliphatic heterocycles. The highest BCUT2D eigenvalue weighted by molar-refractivity contribution is 7.91. The molecule has 0 aliphatic carbocycles. The van der Waals surface area contributed by atoms with Crippen molar-refractivity contribution in [1.82, 2.24) is 15.2 Å². The number of nitrogens with zero attached hydrogens (tertiary/aromatic N) is 1. The van der Waals surface area contributed by atoms with Crippen molar-refractivity contribution in [3.05, 3.63) is 65.9 Å². The molecule has 1 atom stereocenters. The predicted molar refractivity (Wildman–Crippen MR) is 145 cm³/mol. The molecule has 0 saturated carbocycles. The van der Waals surface area contributed by atoms with Crippen molar-refractivity contribution < 1.29 is 18.0 Å². The number of halogens is 1. The Bertz CT molecular complexity index is 1440. The zero-order valence-corrected chi connectivity index (χ0v) is 22.6. The summed E-state index contributed by atoms with van der Waals surface area (Å²) >= 11 is 0. The Balaban J connectivity index is 0.00000320. The monoisotopic (exact) mass is 544 g/mol. The Morgan fingerprint density at radius 1 is 1.11 bits per heavy atom. The number of benzene rings is 2. The molecule has 0 radical (unpaired) electrons. The molecule has 2 amide bonds. The lowest BCUT2D eigenvalue weighted by atomic mass is 9.74. The number of hydrogen-bond acceptors (Lipinski definition) is 5. The fourth-order valence-electron chi connectivity index (χ4n) is 5.55. The van der Waals surface area contributed by atoms with E-state index in [0.717, 1.165) is 22.0 Å². The maximum Gasteiger partial charge on any atom is 0.245 e. The smallest absolute Gasteiger partial charge is 0.245 e. The number of carbonyl (C=O) groups is 2. The van der Waals surface area contributed by atoms with E-state index >= 15 is 0 Å². The number of amides is 2. The van der Waals surface area contributed by atoms with Gasteiger partial charge in [-0.2, -0.15) is 0 Å². The minimum atomic E-state index is -3.33. The van der Waals surface area contributed by atoms with Crippen LogP contribution < -0.4 is 11.1 Å². The van der Waals surface area contributed by atoms with E-state index in [1.165, 1.54) is 0 Å². The van der Waals surface area contributed by atoms with Crippen LogP contribution in [0.15, 0.2) is 59.6 Å². The van der Waals surface area contributed by atoms with Gasteiger partial charge < -0.3 is 20.9 Å². The van der Waals surface area contributed by atoms with Gasteiger partial charge >= 0.3 is 0 Å². The molecule has 3 aromatic rings. The van der Waals surface area contributed by atoms with Gasteiger partial charge in [-0.05, 0) is 49.9 Å². The quantitative estimate of drug-likeness (QED) is 0.455. The molecule has 1 aromatic heterocycles. The lowest BCUT2D eigenvalue weighted by Gasteiger charge is -2.40. The Labute approximate surface area is 223 Å². The van der Waals surface area contributed by atoms with Gasteiger partial charge in [0, 0.05) is 42.0 Å². The molecule has 2 aromatic carbocycles. The molecule has 8 nitrogen and oxygen atoms in total. The first kappa shape index (κ1) is 27.2. The van der Waals surface area contributed by atoms with Gasteiger partial charge in [0.15, 0.2) is 9.84 Å². The minimum Gasteiger partial charge on any atom is -0.361 e. The number of piperidine rings is 1. The first-order valence-electron chi connectivity index (χ1n) is 12.3. The van der Waals surface area contributed by atoms with Crippen molar-refractivity contribution >= 4 is 45.0 Å². The summed E-state index contributed by atoms with van der Waals surface area (Å²) in [4.78, 5) is 31.9. The van der Waals surface area contributed by atoms with E-state index in [2.05, 4.69) is 10.3 Å². The summed E-state index contributed by atoms with van der Waals surface area (Å²) in [6.07, 6.45) is 3.32. The second-order valence-corrected chi connectivity index (χ2v) is 12.6. The van der Waals surface area contributed by atoms with E-state index in [9.17, 15) is 18.0 Å². The number of aromatic nitrogens is 1. The second-order valence-electron chi connectivity index (χ2n) is 10.7. The van der Waals surface area contributed by atoms with Crippen LogP contribution >= 0.6 is 12.4 Å². The highest BCUT2D eigenvalue weighted by Crippen LogP contribution is 2.46. The summed E-state index contributed by atoms with van der Waals surface area (Å²) in [5.74, 6) is -0.495. The third-order valence-corrected chi connectivity index (χ3v) is 9.54. The Hall–Kier alpha value is -2.88. The number of H-pyrrole nitrogens is 1. The lowest BCUT2D eigenvalue weighted by Crippen LogP contribution is -2.58. The number of likely N-dealkylation sites (tertiary alicyclic amines) is 1. The molecule has 1 saturated heterocycles. The van der Waals surface area contributed by atoms with Crippen molar-refractivity contribution in [1.29, 1.82) is 0 Å². The van der Waals surface area contributed by atoms with Crippen molar-refractivity contribution in [2.24, 2.45) is 5.73 Å². The van der Waals surface area contributed by atoms with Gasteiger partial charge in [-0.25, -0.2) is 8.42 Å². The largest absolute Gasteiger partial charge is 0.361 e. The zero-order valence-electron chi connectivity index (χ0n) is 21.0. The number of para-hydroxylation sites is 1. The van der Waals surface area contributed by atoms with Gasteiger partial charge in [0.2, 0.25) is 11.8 Å². The molecule has 1 spiro atoms. The molecular formula is C27H33ClN4O4S. The summed E-state index contributed by atoms with van der Waals surface area (Å²) in [6.45, 7) is 4.07. The number of hydrogen-bond donors (Lipinski definition) is 3. The van der Waals surface area contributed by atoms with Gasteiger partial charge in [0.25, 0.3) is 0 Å². The first-order chi connectivity index (χ1) is 17.0. The van der Waals surface area contributed by atoms with Gasteiger partial charge in [-0.3, -0.25) is 9.59 Å². The summed E-state index contributed by atoms with van der Waals surface area (Å²) in [7, 11) is -3.33. The van der Waals surface area contributed by atoms with E-state index in [1.54, 1.807) is 30.9 Å². The van der Waals surface area contributed by atoms with Crippen molar-refractivity contribution in [2.75, 3.05) is 18.8 Å². The van der Waals surface area contributed by atoms with Crippen LogP contribution in [0, 0.1) is 0 Å². The maximum atomic E-state index is 13.7. The zero-order chi connectivity index (χ0) is 25.7. The van der Waals surface area contributed by atoms with Crippen molar-refractivity contribution in [3.63, 3.8) is 0 Å². The lowest BCUT2D eigenvalue weighted by molar-refractivity contribution is -0.138. The molecule has 5 rings (SSSR count). The van der Waals surface area contributed by atoms with Gasteiger partial charge in [0.1, 0.15) is 6.04 Å². The summed E-state index contributed by atoms with van der Waals surface area (Å²) in [5, 5.41) is 3.88. The average Bonchev–Trinajstić information content (AvgIpc) is 3.34. The van der Waals surface area contributed by atoms with Crippen LogP contribution in [0.4, 0.5) is 0 Å². The van der Waals surface area contributed by atoms with E-state index < -0.39 is 32.7 Å². The van der Waals surface area contributed by atoms with Gasteiger partial charge in [-0.1, -0.05) is 36.4 Å². The average molecular weight is 545 g/mol. The molecule has 1 fully saturated rings. The fraction of sp³-hybridized carbons (Fsp3) is 0.407. The Morgan fingerprint density at radius 2 is 1.76 bits per heavy atom. The molecule has 0 bridgehead atoms. The highest BCUT2D eigenvalue weighted by atomic mass is 35.5. The SMILES string of the molecule is CC(C)(N)C(=O)N[C@H](Cc1c[nH]c2ccccc12)C(=O)N1CCC2(CC1)CS(=O)(=O)c1ccccc12.Cl. The standard InChI is InChI=1S/C27H32N4O4S.ClH/c1-26(2,28)25(33)30-22(15-18-16-29-21-9-5-3-7-19(18)21)24(32)31-13-11-27(12-14-31)17-36(34,35)23-10-6-4-8-20(23)27;/h3-10,16,22,29H,11-15,17,28H2,1-2H3,(H,30,33);1H/t22-;/m1./s1. The topological polar surface area (TPSA) is 125 Å². The van der Waals surface area contributed by atoms with Crippen LogP contribution in [0.5, 0.6) is 0 Å². The molecule has 198 valence electrons. The molecule has 4 N–H and O–H groups in total. The second kappa shape index (κ2) is 9.78. The van der Waals surface area contributed by atoms with Crippen LogP contribution in [-0.2, 0) is 31.3 Å². The van der Waals surface area contributed by atoms with Crippen LogP contribution in [0.1, 0.15) is 37.8 Å². The van der Waals surface area contributed by atoms with Crippen molar-refractivity contribution in [3.8, 4) is 0 Å². The Morgan fingerprint density at radius 3 is 2.46 bits per heavy atom. The van der Waals surface area contributed by atoms with E-state index in [0.29, 0.717) is 37.2 Å². The predicted octanol–water partition coefficient (Wildman–Crippen LogP) is 2.70. The number of nitrogens with one attached hydrogen (secondary N) is 2. The summed E-state index contributed by atoms with van der Waals surface area (Å²) in [6, 6.07) is 14.3. The number of sulfone groups is 1. The number of nitrogens with two attached hydrogens (primary N) is 1. The molecule has 37 heavy (non-hydrogen) atoms.